The van der Waals surface area contributed by atoms with Crippen LogP contribution in [0.3, 0.4) is 0 Å². The van der Waals surface area contributed by atoms with Crippen LogP contribution in [0.25, 0.3) is 0 Å². The lowest BCUT2D eigenvalue weighted by Gasteiger charge is -2.21. The molecule has 1 heterocycles. The molecule has 2 rings (SSSR count). The Hall–Kier alpha value is -1.83. The van der Waals surface area contributed by atoms with Gasteiger partial charge in [0.15, 0.2) is 5.69 Å². The molecule has 1 aliphatic rings. The molecule has 1 aromatic heterocycles. The van der Waals surface area contributed by atoms with Crippen LogP contribution >= 0.6 is 0 Å². The van der Waals surface area contributed by atoms with Crippen molar-refractivity contribution in [3.8, 4) is 6.07 Å². The van der Waals surface area contributed by atoms with Crippen LogP contribution in [0.2, 0.25) is 0 Å². The Morgan fingerprint density at radius 2 is 2.24 bits per heavy atom. The summed E-state index contributed by atoms with van der Waals surface area (Å²) in [6.07, 6.45) is 7.28. The van der Waals surface area contributed by atoms with E-state index in [1.807, 2.05) is 6.07 Å². The third-order valence-electron chi connectivity index (χ3n) is 3.32. The summed E-state index contributed by atoms with van der Waals surface area (Å²) in [5.41, 5.74) is 0.173. The molecule has 17 heavy (non-hydrogen) atoms. The number of nitrogens with zero attached hydrogens (tertiary/aromatic N) is 3. The van der Waals surface area contributed by atoms with Crippen LogP contribution in [0.4, 0.5) is 0 Å². The lowest BCUT2D eigenvalue weighted by molar-refractivity contribution is 0.0680. The van der Waals surface area contributed by atoms with Crippen molar-refractivity contribution in [1.82, 2.24) is 9.78 Å². The molecule has 0 amide bonds. The topological polar surface area (TPSA) is 78.9 Å². The quantitative estimate of drug-likeness (QED) is 0.866. The highest BCUT2D eigenvalue weighted by Crippen LogP contribution is 2.25. The Balaban J connectivity index is 2.18. The van der Waals surface area contributed by atoms with Crippen molar-refractivity contribution < 1.29 is 9.90 Å². The van der Waals surface area contributed by atoms with Gasteiger partial charge >= 0.3 is 5.97 Å². The summed E-state index contributed by atoms with van der Waals surface area (Å²) in [5, 5.41) is 21.9. The molecule has 1 aromatic rings. The van der Waals surface area contributed by atoms with Crippen LogP contribution in [0.5, 0.6) is 0 Å². The first-order chi connectivity index (χ1) is 8.22. The molecule has 0 radical (unpaired) electrons. The standard InChI is InChI=1S/C12H15N3O2/c13-6-10-7-14-15(11(10)12(16)17)8-9-4-2-1-3-5-9/h7,9H,1-5,8H2,(H,16,17). The number of hydrogen-bond acceptors (Lipinski definition) is 3. The van der Waals surface area contributed by atoms with Gasteiger partial charge in [0.05, 0.1) is 6.20 Å². The lowest BCUT2D eigenvalue weighted by atomic mass is 9.89. The summed E-state index contributed by atoms with van der Waals surface area (Å²) in [6.45, 7) is 0.614. The number of carbonyl (C=O) groups is 1. The highest BCUT2D eigenvalue weighted by molar-refractivity contribution is 5.88. The van der Waals surface area contributed by atoms with Crippen LogP contribution in [0.15, 0.2) is 6.20 Å². The van der Waals surface area contributed by atoms with Crippen molar-refractivity contribution >= 4 is 5.97 Å². The Morgan fingerprint density at radius 3 is 2.82 bits per heavy atom. The maximum absolute atomic E-state index is 11.1. The molecule has 0 saturated heterocycles. The predicted octanol–water partition coefficient (Wildman–Crippen LogP) is 2.03. The minimum atomic E-state index is -1.07. The minimum absolute atomic E-state index is 0.0260. The van der Waals surface area contributed by atoms with Gasteiger partial charge in [-0.05, 0) is 18.8 Å². The maximum atomic E-state index is 11.1. The molecular formula is C12H15N3O2. The van der Waals surface area contributed by atoms with E-state index in [9.17, 15) is 4.79 Å². The number of nitriles is 1. The van der Waals surface area contributed by atoms with Crippen molar-refractivity contribution in [2.75, 3.05) is 0 Å². The van der Waals surface area contributed by atoms with Gasteiger partial charge in [0.25, 0.3) is 0 Å². The molecule has 0 aliphatic heterocycles. The van der Waals surface area contributed by atoms with Gasteiger partial charge in [0.1, 0.15) is 11.6 Å². The summed E-state index contributed by atoms with van der Waals surface area (Å²) in [4.78, 5) is 11.1. The summed E-state index contributed by atoms with van der Waals surface area (Å²) in [5.74, 6) is -0.580. The molecule has 0 spiro atoms. The van der Waals surface area contributed by atoms with E-state index in [0.29, 0.717) is 12.5 Å². The molecule has 1 fully saturated rings. The minimum Gasteiger partial charge on any atom is -0.476 e. The van der Waals surface area contributed by atoms with E-state index in [1.54, 1.807) is 0 Å². The Bertz CT molecular complexity index is 453. The Morgan fingerprint density at radius 1 is 1.53 bits per heavy atom. The van der Waals surface area contributed by atoms with Gasteiger partial charge < -0.3 is 5.11 Å². The maximum Gasteiger partial charge on any atom is 0.355 e. The van der Waals surface area contributed by atoms with Gasteiger partial charge in [0.2, 0.25) is 0 Å². The fourth-order valence-electron chi connectivity index (χ4n) is 2.45. The Labute approximate surface area is 99.7 Å². The molecule has 0 atom stereocenters. The van der Waals surface area contributed by atoms with Crippen molar-refractivity contribution in [1.29, 1.82) is 5.26 Å². The fourth-order valence-corrected chi connectivity index (χ4v) is 2.45. The molecule has 5 nitrogen and oxygen atoms in total. The molecule has 90 valence electrons. The Kier molecular flexibility index (Phi) is 3.43. The second-order valence-corrected chi connectivity index (χ2v) is 4.51. The zero-order chi connectivity index (χ0) is 12.3. The first kappa shape index (κ1) is 11.6. The summed E-state index contributed by atoms with van der Waals surface area (Å²) < 4.78 is 1.47. The molecule has 5 heteroatoms. The first-order valence-electron chi connectivity index (χ1n) is 5.91. The number of aromatic nitrogens is 2. The van der Waals surface area contributed by atoms with E-state index in [-0.39, 0.29) is 11.3 Å². The first-order valence-corrected chi connectivity index (χ1v) is 5.91. The van der Waals surface area contributed by atoms with E-state index in [0.717, 1.165) is 12.8 Å². The number of aromatic carboxylic acids is 1. The van der Waals surface area contributed by atoms with Crippen LogP contribution in [0, 0.1) is 17.2 Å². The number of hydrogen-bond donors (Lipinski definition) is 1. The average Bonchev–Trinajstić information content (AvgIpc) is 2.73. The van der Waals surface area contributed by atoms with Crippen LogP contribution in [-0.4, -0.2) is 20.9 Å². The van der Waals surface area contributed by atoms with Gasteiger partial charge in [0, 0.05) is 6.54 Å². The lowest BCUT2D eigenvalue weighted by Crippen LogP contribution is -2.19. The molecular weight excluding hydrogens is 218 g/mol. The molecule has 0 unspecified atom stereocenters. The largest absolute Gasteiger partial charge is 0.476 e. The van der Waals surface area contributed by atoms with Crippen LogP contribution in [0.1, 0.15) is 48.2 Å². The van der Waals surface area contributed by atoms with Gasteiger partial charge in [-0.3, -0.25) is 4.68 Å². The monoisotopic (exact) mass is 233 g/mol. The average molecular weight is 233 g/mol. The molecule has 1 N–H and O–H groups in total. The van der Waals surface area contributed by atoms with E-state index in [2.05, 4.69) is 5.10 Å². The van der Waals surface area contributed by atoms with E-state index in [4.69, 9.17) is 10.4 Å². The van der Waals surface area contributed by atoms with E-state index >= 15 is 0 Å². The smallest absolute Gasteiger partial charge is 0.355 e. The molecule has 1 saturated carbocycles. The van der Waals surface area contributed by atoms with Crippen molar-refractivity contribution in [2.24, 2.45) is 5.92 Å². The zero-order valence-electron chi connectivity index (χ0n) is 9.59. The van der Waals surface area contributed by atoms with E-state index in [1.165, 1.54) is 30.1 Å². The van der Waals surface area contributed by atoms with Gasteiger partial charge in [-0.15, -0.1) is 0 Å². The van der Waals surface area contributed by atoms with Crippen molar-refractivity contribution in [3.63, 3.8) is 0 Å². The predicted molar refractivity (Wildman–Crippen MR) is 60.5 cm³/mol. The van der Waals surface area contributed by atoms with Gasteiger partial charge in [-0.2, -0.15) is 10.4 Å². The third-order valence-corrected chi connectivity index (χ3v) is 3.32. The van der Waals surface area contributed by atoms with Gasteiger partial charge in [-0.1, -0.05) is 19.3 Å². The van der Waals surface area contributed by atoms with Crippen molar-refractivity contribution in [3.05, 3.63) is 17.5 Å². The second kappa shape index (κ2) is 5.00. The van der Waals surface area contributed by atoms with Crippen LogP contribution in [-0.2, 0) is 6.54 Å². The normalized spacial score (nSPS) is 16.6. The summed E-state index contributed by atoms with van der Waals surface area (Å²) in [6, 6.07) is 1.87. The highest BCUT2D eigenvalue weighted by atomic mass is 16.4. The number of carboxylic acid groups (broad SMARTS) is 1. The van der Waals surface area contributed by atoms with Crippen LogP contribution < -0.4 is 0 Å². The van der Waals surface area contributed by atoms with E-state index < -0.39 is 5.97 Å². The molecule has 0 aromatic carbocycles. The van der Waals surface area contributed by atoms with Gasteiger partial charge in [-0.25, -0.2) is 4.79 Å². The second-order valence-electron chi connectivity index (χ2n) is 4.51. The number of rotatable bonds is 3. The zero-order valence-corrected chi connectivity index (χ0v) is 9.59. The SMILES string of the molecule is N#Cc1cnn(CC2CCCCC2)c1C(=O)O. The summed E-state index contributed by atoms with van der Waals surface area (Å²) in [7, 11) is 0. The summed E-state index contributed by atoms with van der Waals surface area (Å²) >= 11 is 0. The number of carboxylic acids is 1. The molecule has 1 aliphatic carbocycles. The molecule has 0 bridgehead atoms. The highest BCUT2D eigenvalue weighted by Gasteiger charge is 2.21. The van der Waals surface area contributed by atoms with Crippen molar-refractivity contribution in [2.45, 2.75) is 38.6 Å². The fraction of sp³-hybridized carbons (Fsp3) is 0.583. The third kappa shape index (κ3) is 2.47.